The summed E-state index contributed by atoms with van der Waals surface area (Å²) in [6, 6.07) is 0. The Morgan fingerprint density at radius 1 is 1.50 bits per heavy atom. The predicted molar refractivity (Wildman–Crippen MR) is 41.2 cm³/mol. The molecular formula is C7H12O7. The molecule has 1 fully saturated rings. The lowest BCUT2D eigenvalue weighted by molar-refractivity contribution is -0.298. The summed E-state index contributed by atoms with van der Waals surface area (Å²) in [5, 5.41) is 45.0. The normalized spacial score (nSPS) is 43.6. The Hall–Kier alpha value is -0.730. The second-order valence-electron chi connectivity index (χ2n) is 3.19. The van der Waals surface area contributed by atoms with Crippen molar-refractivity contribution < 1.29 is 35.1 Å². The zero-order valence-corrected chi connectivity index (χ0v) is 7.20. The average Bonchev–Trinajstić information content (AvgIpc) is 2.11. The number of carboxylic acid groups (broad SMARTS) is 1. The van der Waals surface area contributed by atoms with Crippen molar-refractivity contribution in [3.63, 3.8) is 0 Å². The molecule has 1 aliphatic rings. The van der Waals surface area contributed by atoms with E-state index < -0.39 is 43.1 Å². The van der Waals surface area contributed by atoms with Crippen molar-refractivity contribution in [3.05, 3.63) is 0 Å². The van der Waals surface area contributed by atoms with Crippen LogP contribution in [0, 0.1) is 0 Å². The van der Waals surface area contributed by atoms with Crippen molar-refractivity contribution in [1.29, 1.82) is 0 Å². The molecule has 1 unspecified atom stereocenters. The van der Waals surface area contributed by atoms with Crippen LogP contribution in [-0.4, -0.2) is 62.2 Å². The maximum atomic E-state index is 10.5. The Balaban J connectivity index is 2.81. The molecule has 7 heteroatoms. The van der Waals surface area contributed by atoms with Gasteiger partial charge >= 0.3 is 5.97 Å². The number of carboxylic acids is 1. The Morgan fingerprint density at radius 2 is 2.07 bits per heavy atom. The van der Waals surface area contributed by atoms with Gasteiger partial charge in [-0.3, -0.25) is 0 Å². The van der Waals surface area contributed by atoms with Gasteiger partial charge in [0.05, 0.1) is 12.7 Å². The monoisotopic (exact) mass is 208 g/mol. The molecule has 0 aliphatic carbocycles. The van der Waals surface area contributed by atoms with E-state index in [1.54, 1.807) is 0 Å². The molecular weight excluding hydrogens is 196 g/mol. The second-order valence-corrected chi connectivity index (χ2v) is 3.19. The molecule has 0 aromatic carbocycles. The zero-order valence-electron chi connectivity index (χ0n) is 7.20. The third-order valence-corrected chi connectivity index (χ3v) is 2.12. The predicted octanol–water partition coefficient (Wildman–Crippen LogP) is -2.74. The van der Waals surface area contributed by atoms with E-state index in [0.29, 0.717) is 0 Å². The van der Waals surface area contributed by atoms with Crippen LogP contribution < -0.4 is 0 Å². The molecule has 0 bridgehead atoms. The van der Waals surface area contributed by atoms with Gasteiger partial charge < -0.3 is 30.3 Å². The smallest absolute Gasteiger partial charge is 0.364 e. The fourth-order valence-corrected chi connectivity index (χ4v) is 1.30. The SMILES string of the molecule is O=C(O)[C@@]1(O)C[C@@H](O)[C@H](O)C(CO)O1. The number of hydrogen-bond acceptors (Lipinski definition) is 6. The van der Waals surface area contributed by atoms with Crippen molar-refractivity contribution in [1.82, 2.24) is 0 Å². The highest BCUT2D eigenvalue weighted by Gasteiger charge is 2.50. The summed E-state index contributed by atoms with van der Waals surface area (Å²) in [6.07, 6.45) is -4.79. The quantitative estimate of drug-likeness (QED) is 0.333. The average molecular weight is 208 g/mol. The Labute approximate surface area is 79.2 Å². The number of ether oxygens (including phenoxy) is 1. The van der Waals surface area contributed by atoms with E-state index in [0.717, 1.165) is 0 Å². The molecule has 0 aromatic heterocycles. The van der Waals surface area contributed by atoms with Crippen LogP contribution in [0.1, 0.15) is 6.42 Å². The maximum Gasteiger partial charge on any atom is 0.364 e. The molecule has 1 rings (SSSR count). The van der Waals surface area contributed by atoms with Crippen LogP contribution in [0.3, 0.4) is 0 Å². The minimum Gasteiger partial charge on any atom is -0.477 e. The highest BCUT2D eigenvalue weighted by Crippen LogP contribution is 2.27. The first-order valence-corrected chi connectivity index (χ1v) is 4.01. The van der Waals surface area contributed by atoms with Gasteiger partial charge in [-0.15, -0.1) is 0 Å². The molecule has 7 nitrogen and oxygen atoms in total. The van der Waals surface area contributed by atoms with E-state index in [1.165, 1.54) is 0 Å². The van der Waals surface area contributed by atoms with Gasteiger partial charge in [0.25, 0.3) is 5.79 Å². The lowest BCUT2D eigenvalue weighted by Gasteiger charge is -2.39. The van der Waals surface area contributed by atoms with Crippen molar-refractivity contribution in [2.75, 3.05) is 6.61 Å². The number of carbonyl (C=O) groups is 1. The van der Waals surface area contributed by atoms with Gasteiger partial charge in [0.2, 0.25) is 0 Å². The molecule has 1 heterocycles. The number of hydrogen-bond donors (Lipinski definition) is 5. The molecule has 0 aromatic rings. The van der Waals surface area contributed by atoms with E-state index in [1.807, 2.05) is 0 Å². The van der Waals surface area contributed by atoms with Crippen LogP contribution in [0.25, 0.3) is 0 Å². The van der Waals surface area contributed by atoms with Gasteiger partial charge in [0, 0.05) is 6.42 Å². The van der Waals surface area contributed by atoms with E-state index in [4.69, 9.17) is 10.2 Å². The molecule has 1 saturated heterocycles. The summed E-state index contributed by atoms with van der Waals surface area (Å²) in [4.78, 5) is 10.5. The lowest BCUT2D eigenvalue weighted by Crippen LogP contribution is -2.59. The molecule has 14 heavy (non-hydrogen) atoms. The summed E-state index contributed by atoms with van der Waals surface area (Å²) in [5.74, 6) is -4.21. The molecule has 0 amide bonds. The summed E-state index contributed by atoms with van der Waals surface area (Å²) >= 11 is 0. The van der Waals surface area contributed by atoms with Crippen molar-refractivity contribution in [2.24, 2.45) is 0 Å². The Bertz CT molecular complexity index is 230. The van der Waals surface area contributed by atoms with Crippen LogP contribution in [0.15, 0.2) is 0 Å². The zero-order chi connectivity index (χ0) is 10.9. The van der Waals surface area contributed by atoms with Gasteiger partial charge in [-0.25, -0.2) is 4.79 Å². The second kappa shape index (κ2) is 3.79. The highest BCUT2D eigenvalue weighted by molar-refractivity contribution is 5.75. The summed E-state index contributed by atoms with van der Waals surface area (Å²) < 4.78 is 4.56. The highest BCUT2D eigenvalue weighted by atomic mass is 16.7. The lowest BCUT2D eigenvalue weighted by atomic mass is 9.96. The van der Waals surface area contributed by atoms with E-state index in [-0.39, 0.29) is 0 Å². The summed E-state index contributed by atoms with van der Waals surface area (Å²) in [6.45, 7) is -0.687. The third kappa shape index (κ3) is 1.86. The fraction of sp³-hybridized carbons (Fsp3) is 0.857. The number of aliphatic hydroxyl groups is 4. The minimum absolute atomic E-state index is 0.639. The largest absolute Gasteiger partial charge is 0.477 e. The van der Waals surface area contributed by atoms with Crippen LogP contribution in [0.5, 0.6) is 0 Å². The number of rotatable bonds is 2. The first-order chi connectivity index (χ1) is 6.40. The van der Waals surface area contributed by atoms with Crippen molar-refractivity contribution in [2.45, 2.75) is 30.5 Å². The van der Waals surface area contributed by atoms with E-state index >= 15 is 0 Å². The van der Waals surface area contributed by atoms with Gasteiger partial charge in [0.1, 0.15) is 12.2 Å². The van der Waals surface area contributed by atoms with Gasteiger partial charge in [0.15, 0.2) is 0 Å². The van der Waals surface area contributed by atoms with Gasteiger partial charge in [-0.2, -0.15) is 0 Å². The first kappa shape index (κ1) is 11.3. The van der Waals surface area contributed by atoms with E-state index in [2.05, 4.69) is 4.74 Å². The molecule has 0 spiro atoms. The molecule has 5 N–H and O–H groups in total. The van der Waals surface area contributed by atoms with Gasteiger partial charge in [-0.1, -0.05) is 0 Å². The van der Waals surface area contributed by atoms with Crippen LogP contribution >= 0.6 is 0 Å². The Kier molecular flexibility index (Phi) is 3.07. The molecule has 82 valence electrons. The van der Waals surface area contributed by atoms with Crippen LogP contribution in [0.4, 0.5) is 0 Å². The molecule has 1 aliphatic heterocycles. The topological polar surface area (TPSA) is 127 Å². The minimum atomic E-state index is -2.55. The summed E-state index contributed by atoms with van der Waals surface area (Å²) in [5.41, 5.74) is 0. The molecule has 0 radical (unpaired) electrons. The standard InChI is InChI=1S/C7H12O7/c8-2-4-5(10)3(9)1-7(13,14-4)6(11)12/h3-5,8-10,13H,1-2H2,(H,11,12)/t3-,4?,5+,7-/m1/s1. The molecule has 0 saturated carbocycles. The summed E-state index contributed by atoms with van der Waals surface area (Å²) in [7, 11) is 0. The van der Waals surface area contributed by atoms with Crippen molar-refractivity contribution >= 4 is 5.97 Å². The number of aliphatic carboxylic acids is 1. The molecule has 4 atom stereocenters. The van der Waals surface area contributed by atoms with Crippen molar-refractivity contribution in [3.8, 4) is 0 Å². The first-order valence-electron chi connectivity index (χ1n) is 4.01. The van der Waals surface area contributed by atoms with E-state index in [9.17, 15) is 20.1 Å². The number of aliphatic hydroxyl groups excluding tert-OH is 3. The van der Waals surface area contributed by atoms with Gasteiger partial charge in [-0.05, 0) is 0 Å². The third-order valence-electron chi connectivity index (χ3n) is 2.12. The Morgan fingerprint density at radius 3 is 2.50 bits per heavy atom. The van der Waals surface area contributed by atoms with Crippen LogP contribution in [0.2, 0.25) is 0 Å². The maximum absolute atomic E-state index is 10.5. The fourth-order valence-electron chi connectivity index (χ4n) is 1.30. The van der Waals surface area contributed by atoms with Crippen LogP contribution in [-0.2, 0) is 9.53 Å².